The number of carbonyl (C=O) groups is 1. The van der Waals surface area contributed by atoms with Gasteiger partial charge in [0, 0.05) is 4.47 Å². The van der Waals surface area contributed by atoms with Gasteiger partial charge in [-0.1, -0.05) is 15.9 Å². The molecule has 0 spiro atoms. The highest BCUT2D eigenvalue weighted by molar-refractivity contribution is 9.10. The first kappa shape index (κ1) is 14.9. The second kappa shape index (κ2) is 5.46. The standard InChI is InChI=1S/C10H6BrFN2O4S2/c11-5-1-2-7(6(12)3-5)14-20(17,18)10-8(9(15)16)13-4-19-10/h1-4,14H,(H,15,16). The summed E-state index contributed by atoms with van der Waals surface area (Å²) in [5, 5.41) is 8.85. The van der Waals surface area contributed by atoms with Crippen LogP contribution in [0.1, 0.15) is 10.5 Å². The lowest BCUT2D eigenvalue weighted by atomic mass is 10.3. The van der Waals surface area contributed by atoms with E-state index in [0.29, 0.717) is 15.8 Å². The number of thiazole rings is 1. The Morgan fingerprint density at radius 1 is 1.45 bits per heavy atom. The number of carboxylic acid groups (broad SMARTS) is 1. The fraction of sp³-hybridized carbons (Fsp3) is 0. The molecule has 6 nitrogen and oxygen atoms in total. The molecule has 0 fully saturated rings. The van der Waals surface area contributed by atoms with Crippen molar-refractivity contribution >= 4 is 48.9 Å². The molecule has 0 aliphatic rings. The molecule has 2 aromatic rings. The van der Waals surface area contributed by atoms with Crippen LogP contribution in [0.4, 0.5) is 10.1 Å². The van der Waals surface area contributed by atoms with Crippen LogP contribution in [0.15, 0.2) is 32.4 Å². The van der Waals surface area contributed by atoms with E-state index in [1.165, 1.54) is 12.1 Å². The summed E-state index contributed by atoms with van der Waals surface area (Å²) < 4.78 is 39.6. The second-order valence-corrected chi connectivity index (χ2v) is 7.17. The zero-order valence-electron chi connectivity index (χ0n) is 9.50. The fourth-order valence-corrected chi connectivity index (χ4v) is 3.87. The fourth-order valence-electron chi connectivity index (χ4n) is 1.33. The van der Waals surface area contributed by atoms with Gasteiger partial charge in [0.05, 0.1) is 11.2 Å². The molecule has 2 N–H and O–H groups in total. The molecule has 0 aliphatic carbocycles. The van der Waals surface area contributed by atoms with Crippen LogP contribution < -0.4 is 4.72 Å². The molecule has 10 heteroatoms. The molecule has 20 heavy (non-hydrogen) atoms. The Labute approximate surface area is 125 Å². The molecule has 0 amide bonds. The first-order valence-electron chi connectivity index (χ1n) is 4.96. The smallest absolute Gasteiger partial charge is 0.356 e. The van der Waals surface area contributed by atoms with Crippen LogP contribution in [-0.2, 0) is 10.0 Å². The summed E-state index contributed by atoms with van der Waals surface area (Å²) in [6, 6.07) is 3.76. The van der Waals surface area contributed by atoms with Crippen LogP contribution in [0.2, 0.25) is 0 Å². The monoisotopic (exact) mass is 380 g/mol. The topological polar surface area (TPSA) is 96.4 Å². The average Bonchev–Trinajstić information content (AvgIpc) is 2.82. The van der Waals surface area contributed by atoms with E-state index in [9.17, 15) is 17.6 Å². The molecule has 0 bridgehead atoms. The van der Waals surface area contributed by atoms with Gasteiger partial charge in [-0.2, -0.15) is 0 Å². The van der Waals surface area contributed by atoms with Crippen LogP contribution in [0.3, 0.4) is 0 Å². The number of aromatic nitrogens is 1. The third kappa shape index (κ3) is 2.97. The van der Waals surface area contributed by atoms with Crippen LogP contribution in [0.5, 0.6) is 0 Å². The Morgan fingerprint density at radius 2 is 2.15 bits per heavy atom. The van der Waals surface area contributed by atoms with Crippen LogP contribution in [-0.4, -0.2) is 24.5 Å². The maximum atomic E-state index is 13.6. The molecule has 0 saturated heterocycles. The second-order valence-electron chi connectivity index (χ2n) is 3.52. The van der Waals surface area contributed by atoms with E-state index >= 15 is 0 Å². The summed E-state index contributed by atoms with van der Waals surface area (Å²) in [6.45, 7) is 0. The molecule has 0 atom stereocenters. The molecule has 2 rings (SSSR count). The van der Waals surface area contributed by atoms with Crippen molar-refractivity contribution in [2.45, 2.75) is 4.21 Å². The lowest BCUT2D eigenvalue weighted by Gasteiger charge is -2.08. The number of nitrogens with zero attached hydrogens (tertiary/aromatic N) is 1. The van der Waals surface area contributed by atoms with Gasteiger partial charge in [-0.25, -0.2) is 22.6 Å². The molecule has 0 saturated carbocycles. The number of benzene rings is 1. The van der Waals surface area contributed by atoms with Gasteiger partial charge >= 0.3 is 5.97 Å². The van der Waals surface area contributed by atoms with E-state index in [2.05, 4.69) is 20.9 Å². The van der Waals surface area contributed by atoms with Crippen LogP contribution in [0.25, 0.3) is 0 Å². The van der Waals surface area contributed by atoms with Crippen molar-refractivity contribution in [3.8, 4) is 0 Å². The first-order valence-corrected chi connectivity index (χ1v) is 8.11. The van der Waals surface area contributed by atoms with Gasteiger partial charge in [0.1, 0.15) is 5.82 Å². The van der Waals surface area contributed by atoms with Crippen molar-refractivity contribution in [3.63, 3.8) is 0 Å². The third-order valence-corrected chi connectivity index (χ3v) is 5.39. The molecule has 1 aromatic carbocycles. The number of aromatic carboxylic acids is 1. The van der Waals surface area contributed by atoms with Crippen molar-refractivity contribution in [3.05, 3.63) is 39.7 Å². The Kier molecular flexibility index (Phi) is 4.06. The molecular weight excluding hydrogens is 375 g/mol. The maximum Gasteiger partial charge on any atom is 0.356 e. The van der Waals surface area contributed by atoms with E-state index in [1.54, 1.807) is 0 Å². The van der Waals surface area contributed by atoms with Crippen molar-refractivity contribution < 1.29 is 22.7 Å². The lowest BCUT2D eigenvalue weighted by molar-refractivity contribution is 0.0687. The van der Waals surface area contributed by atoms with Crippen molar-refractivity contribution in [2.75, 3.05) is 4.72 Å². The molecular formula is C10H6BrFN2O4S2. The SMILES string of the molecule is O=C(O)c1ncsc1S(=O)(=O)Nc1ccc(Br)cc1F. The van der Waals surface area contributed by atoms with Crippen molar-refractivity contribution in [1.29, 1.82) is 0 Å². The largest absolute Gasteiger partial charge is 0.476 e. The van der Waals surface area contributed by atoms with Crippen LogP contribution in [0, 0.1) is 5.82 Å². The normalized spacial score (nSPS) is 11.3. The number of hydrogen-bond donors (Lipinski definition) is 2. The van der Waals surface area contributed by atoms with E-state index in [4.69, 9.17) is 5.11 Å². The van der Waals surface area contributed by atoms with Crippen LogP contribution >= 0.6 is 27.3 Å². The Bertz CT molecular complexity index is 775. The van der Waals surface area contributed by atoms with E-state index in [0.717, 1.165) is 11.6 Å². The number of nitrogens with one attached hydrogen (secondary N) is 1. The lowest BCUT2D eigenvalue weighted by Crippen LogP contribution is -2.16. The van der Waals surface area contributed by atoms with E-state index in [1.807, 2.05) is 4.72 Å². The quantitative estimate of drug-likeness (QED) is 0.849. The highest BCUT2D eigenvalue weighted by Gasteiger charge is 2.26. The minimum Gasteiger partial charge on any atom is -0.476 e. The molecule has 1 aromatic heterocycles. The minimum absolute atomic E-state index is 0.280. The highest BCUT2D eigenvalue weighted by atomic mass is 79.9. The van der Waals surface area contributed by atoms with Gasteiger partial charge in [-0.05, 0) is 18.2 Å². The first-order chi connectivity index (χ1) is 9.31. The summed E-state index contributed by atoms with van der Waals surface area (Å²) in [6.07, 6.45) is 0. The van der Waals surface area contributed by atoms with Gasteiger partial charge in [-0.3, -0.25) is 4.72 Å². The van der Waals surface area contributed by atoms with Crippen molar-refractivity contribution in [1.82, 2.24) is 4.98 Å². The number of halogens is 2. The maximum absolute atomic E-state index is 13.6. The summed E-state index contributed by atoms with van der Waals surface area (Å²) in [7, 11) is -4.21. The Hall–Kier alpha value is -1.52. The molecule has 1 heterocycles. The van der Waals surface area contributed by atoms with Gasteiger partial charge in [0.15, 0.2) is 9.90 Å². The molecule has 0 unspecified atom stereocenters. The summed E-state index contributed by atoms with van der Waals surface area (Å²) >= 11 is 3.68. The molecule has 0 aliphatic heterocycles. The highest BCUT2D eigenvalue weighted by Crippen LogP contribution is 2.26. The third-order valence-electron chi connectivity index (χ3n) is 2.16. The average molecular weight is 381 g/mol. The van der Waals surface area contributed by atoms with Gasteiger partial charge in [-0.15, -0.1) is 11.3 Å². The van der Waals surface area contributed by atoms with Gasteiger partial charge in [0.2, 0.25) is 0 Å². The van der Waals surface area contributed by atoms with Gasteiger partial charge < -0.3 is 5.11 Å². The molecule has 0 radical (unpaired) electrons. The zero-order valence-corrected chi connectivity index (χ0v) is 12.7. The zero-order chi connectivity index (χ0) is 14.9. The summed E-state index contributed by atoms with van der Waals surface area (Å²) in [4.78, 5) is 14.3. The molecule has 106 valence electrons. The summed E-state index contributed by atoms with van der Waals surface area (Å²) in [5.74, 6) is -2.26. The number of sulfonamides is 1. The van der Waals surface area contributed by atoms with E-state index < -0.39 is 31.7 Å². The Balaban J connectivity index is 2.41. The minimum atomic E-state index is -4.21. The predicted octanol–water partition coefficient (Wildman–Crippen LogP) is 2.54. The predicted molar refractivity (Wildman–Crippen MR) is 74.0 cm³/mol. The van der Waals surface area contributed by atoms with E-state index in [-0.39, 0.29) is 5.69 Å². The number of anilines is 1. The Morgan fingerprint density at radius 3 is 2.75 bits per heavy atom. The van der Waals surface area contributed by atoms with Gasteiger partial charge in [0.25, 0.3) is 10.0 Å². The number of carboxylic acids is 1. The number of rotatable bonds is 4. The van der Waals surface area contributed by atoms with Crippen molar-refractivity contribution in [2.24, 2.45) is 0 Å². The number of hydrogen-bond acceptors (Lipinski definition) is 5. The summed E-state index contributed by atoms with van der Waals surface area (Å²) in [5.41, 5.74) is 0.216.